The first-order valence-electron chi connectivity index (χ1n) is 4.00. The Bertz CT molecular complexity index is 496. The molecule has 0 spiro atoms. The summed E-state index contributed by atoms with van der Waals surface area (Å²) < 4.78 is 0. The highest BCUT2D eigenvalue weighted by Crippen LogP contribution is 2.24. The van der Waals surface area contributed by atoms with Crippen molar-refractivity contribution in [3.63, 3.8) is 0 Å². The van der Waals surface area contributed by atoms with Crippen LogP contribution in [0.4, 0.5) is 0 Å². The Hall–Kier alpha value is -1.79. The maximum Gasteiger partial charge on any atom is 0.105 e. The molecule has 0 saturated heterocycles. The zero-order valence-corrected chi connectivity index (χ0v) is 7.92. The maximum atomic E-state index is 8.64. The third kappa shape index (κ3) is 1.48. The van der Waals surface area contributed by atoms with Crippen LogP contribution in [0.3, 0.4) is 0 Å². The van der Waals surface area contributed by atoms with Gasteiger partial charge in [0, 0.05) is 12.4 Å². The number of nitriles is 1. The Morgan fingerprint density at radius 3 is 3.00 bits per heavy atom. The minimum atomic E-state index is 0.568. The smallest absolute Gasteiger partial charge is 0.105 e. The van der Waals surface area contributed by atoms with Crippen molar-refractivity contribution in [2.24, 2.45) is 0 Å². The van der Waals surface area contributed by atoms with Crippen LogP contribution >= 0.6 is 11.6 Å². The summed E-state index contributed by atoms with van der Waals surface area (Å²) in [5.41, 5.74) is 1.99. The Kier molecular flexibility index (Phi) is 2.21. The standard InChI is InChI=1S/C10H6ClN3/c11-8-2-1-3-13-10(8)9-4-7(5-12)6-14-9/h1-4,6,14H. The lowest BCUT2D eigenvalue weighted by molar-refractivity contribution is 1.28. The zero-order chi connectivity index (χ0) is 9.97. The number of aromatic amines is 1. The molecule has 2 rings (SSSR count). The van der Waals surface area contributed by atoms with Gasteiger partial charge in [-0.25, -0.2) is 0 Å². The number of nitrogens with zero attached hydrogens (tertiary/aromatic N) is 2. The van der Waals surface area contributed by atoms with Gasteiger partial charge in [-0.1, -0.05) is 11.6 Å². The number of rotatable bonds is 1. The summed E-state index contributed by atoms with van der Waals surface area (Å²) in [5, 5.41) is 9.21. The molecule has 0 unspecified atom stereocenters. The second-order valence-corrected chi connectivity index (χ2v) is 3.15. The summed E-state index contributed by atoms with van der Waals surface area (Å²) in [6.45, 7) is 0. The van der Waals surface area contributed by atoms with Crippen LogP contribution < -0.4 is 0 Å². The van der Waals surface area contributed by atoms with Gasteiger partial charge in [-0.05, 0) is 18.2 Å². The molecule has 0 saturated carbocycles. The Labute approximate surface area is 86.0 Å². The maximum absolute atomic E-state index is 8.64. The lowest BCUT2D eigenvalue weighted by Crippen LogP contribution is -1.82. The normalized spacial score (nSPS) is 9.71. The topological polar surface area (TPSA) is 52.5 Å². The van der Waals surface area contributed by atoms with Crippen LogP contribution in [0.5, 0.6) is 0 Å². The zero-order valence-electron chi connectivity index (χ0n) is 7.16. The summed E-state index contributed by atoms with van der Waals surface area (Å²) in [6, 6.07) is 7.28. The lowest BCUT2D eigenvalue weighted by atomic mass is 10.2. The van der Waals surface area contributed by atoms with Crippen LogP contribution in [-0.2, 0) is 0 Å². The van der Waals surface area contributed by atoms with Gasteiger partial charge in [0.15, 0.2) is 0 Å². The minimum absolute atomic E-state index is 0.568. The molecule has 2 heterocycles. The molecule has 4 heteroatoms. The van der Waals surface area contributed by atoms with Crippen molar-refractivity contribution in [3.8, 4) is 17.5 Å². The number of halogens is 1. The van der Waals surface area contributed by atoms with E-state index >= 15 is 0 Å². The summed E-state index contributed by atoms with van der Waals surface area (Å²) in [6.07, 6.45) is 3.29. The highest BCUT2D eigenvalue weighted by atomic mass is 35.5. The van der Waals surface area contributed by atoms with E-state index in [0.717, 1.165) is 5.69 Å². The average Bonchev–Trinajstić information content (AvgIpc) is 2.67. The first kappa shape index (κ1) is 8.79. The van der Waals surface area contributed by atoms with Gasteiger partial charge in [-0.15, -0.1) is 0 Å². The monoisotopic (exact) mass is 203 g/mol. The van der Waals surface area contributed by atoms with Crippen LogP contribution in [-0.4, -0.2) is 9.97 Å². The predicted molar refractivity (Wildman–Crippen MR) is 53.7 cm³/mol. The van der Waals surface area contributed by atoms with Gasteiger partial charge in [0.2, 0.25) is 0 Å². The van der Waals surface area contributed by atoms with Crippen LogP contribution in [0, 0.1) is 11.3 Å². The average molecular weight is 204 g/mol. The van der Waals surface area contributed by atoms with Gasteiger partial charge < -0.3 is 4.98 Å². The largest absolute Gasteiger partial charge is 0.359 e. The first-order valence-corrected chi connectivity index (χ1v) is 4.38. The van der Waals surface area contributed by atoms with E-state index in [2.05, 4.69) is 9.97 Å². The summed E-state index contributed by atoms with van der Waals surface area (Å²) in [7, 11) is 0. The third-order valence-corrected chi connectivity index (χ3v) is 2.13. The number of hydrogen-bond acceptors (Lipinski definition) is 2. The van der Waals surface area contributed by atoms with E-state index in [0.29, 0.717) is 16.3 Å². The Balaban J connectivity index is 2.51. The molecule has 0 fully saturated rings. The predicted octanol–water partition coefficient (Wildman–Crippen LogP) is 2.60. The molecule has 0 aromatic carbocycles. The third-order valence-electron chi connectivity index (χ3n) is 1.83. The number of hydrogen-bond donors (Lipinski definition) is 1. The van der Waals surface area contributed by atoms with Gasteiger partial charge in [-0.3, -0.25) is 4.98 Å². The van der Waals surface area contributed by atoms with Crippen LogP contribution in [0.2, 0.25) is 5.02 Å². The van der Waals surface area contributed by atoms with Crippen LogP contribution in [0.25, 0.3) is 11.4 Å². The Morgan fingerprint density at radius 2 is 2.36 bits per heavy atom. The van der Waals surface area contributed by atoms with E-state index in [1.54, 1.807) is 30.6 Å². The van der Waals surface area contributed by atoms with E-state index in [1.165, 1.54) is 0 Å². The minimum Gasteiger partial charge on any atom is -0.359 e. The fourth-order valence-electron chi connectivity index (χ4n) is 1.18. The van der Waals surface area contributed by atoms with E-state index in [1.807, 2.05) is 6.07 Å². The molecule has 2 aromatic rings. The van der Waals surface area contributed by atoms with Crippen LogP contribution in [0.1, 0.15) is 5.56 Å². The van der Waals surface area contributed by atoms with Gasteiger partial charge in [-0.2, -0.15) is 5.26 Å². The summed E-state index contributed by atoms with van der Waals surface area (Å²) >= 11 is 5.95. The molecule has 1 N–H and O–H groups in total. The van der Waals surface area contributed by atoms with Crippen molar-refractivity contribution in [2.75, 3.05) is 0 Å². The van der Waals surface area contributed by atoms with Crippen LogP contribution in [0.15, 0.2) is 30.6 Å². The summed E-state index contributed by atoms with van der Waals surface area (Å²) in [4.78, 5) is 7.07. The molecule has 0 atom stereocenters. The number of aromatic nitrogens is 2. The molecule has 2 aromatic heterocycles. The first-order chi connectivity index (χ1) is 6.81. The fraction of sp³-hybridized carbons (Fsp3) is 0. The van der Waals surface area contributed by atoms with E-state index in [4.69, 9.17) is 16.9 Å². The second-order valence-electron chi connectivity index (χ2n) is 2.75. The summed E-state index contributed by atoms with van der Waals surface area (Å²) in [5.74, 6) is 0. The quantitative estimate of drug-likeness (QED) is 0.775. The van der Waals surface area contributed by atoms with E-state index < -0.39 is 0 Å². The number of nitrogens with one attached hydrogen (secondary N) is 1. The van der Waals surface area contributed by atoms with Crippen molar-refractivity contribution in [3.05, 3.63) is 41.2 Å². The van der Waals surface area contributed by atoms with Gasteiger partial charge >= 0.3 is 0 Å². The highest BCUT2D eigenvalue weighted by molar-refractivity contribution is 6.32. The van der Waals surface area contributed by atoms with Crippen molar-refractivity contribution in [1.29, 1.82) is 5.26 Å². The number of H-pyrrole nitrogens is 1. The molecule has 0 aliphatic carbocycles. The van der Waals surface area contributed by atoms with E-state index in [9.17, 15) is 0 Å². The van der Waals surface area contributed by atoms with Gasteiger partial charge in [0.25, 0.3) is 0 Å². The molecule has 0 bridgehead atoms. The van der Waals surface area contributed by atoms with Gasteiger partial charge in [0.1, 0.15) is 11.8 Å². The van der Waals surface area contributed by atoms with Gasteiger partial charge in [0.05, 0.1) is 16.3 Å². The molecule has 0 radical (unpaired) electrons. The SMILES string of the molecule is N#Cc1c[nH]c(-c2ncccc2Cl)c1. The molecule has 0 amide bonds. The van der Waals surface area contributed by atoms with Crippen molar-refractivity contribution < 1.29 is 0 Å². The lowest BCUT2D eigenvalue weighted by Gasteiger charge is -1.98. The fourth-order valence-corrected chi connectivity index (χ4v) is 1.40. The highest BCUT2D eigenvalue weighted by Gasteiger charge is 2.06. The molecule has 68 valence electrons. The van der Waals surface area contributed by atoms with Crippen molar-refractivity contribution in [2.45, 2.75) is 0 Å². The molecule has 3 nitrogen and oxygen atoms in total. The number of pyridine rings is 1. The molecule has 0 aliphatic rings. The molecule has 0 aliphatic heterocycles. The second kappa shape index (κ2) is 3.52. The molecule has 14 heavy (non-hydrogen) atoms. The van der Waals surface area contributed by atoms with E-state index in [-0.39, 0.29) is 0 Å². The molecular formula is C10H6ClN3. The Morgan fingerprint density at radius 1 is 1.50 bits per heavy atom. The van der Waals surface area contributed by atoms with Crippen molar-refractivity contribution >= 4 is 11.6 Å². The molecular weight excluding hydrogens is 198 g/mol. The van der Waals surface area contributed by atoms with Crippen molar-refractivity contribution in [1.82, 2.24) is 9.97 Å².